The standard InChI is InChI=1S/C25H26N2O3/c1-28-23-15-7-8-16-24(23)30-19-25-26-21-13-5-6-14-22(21)27(25)17-9-10-18-29-20-11-3-2-4-12-20/h2-8,11-16H,9-10,17-19H2,1H3. The first-order valence-corrected chi connectivity index (χ1v) is 10.2. The van der Waals surface area contributed by atoms with Crippen molar-refractivity contribution >= 4 is 11.0 Å². The van der Waals surface area contributed by atoms with Gasteiger partial charge >= 0.3 is 0 Å². The summed E-state index contributed by atoms with van der Waals surface area (Å²) in [6, 6.07) is 25.8. The van der Waals surface area contributed by atoms with Gasteiger partial charge in [-0.3, -0.25) is 0 Å². The van der Waals surface area contributed by atoms with E-state index in [9.17, 15) is 0 Å². The lowest BCUT2D eigenvalue weighted by Gasteiger charge is -2.12. The van der Waals surface area contributed by atoms with E-state index in [0.717, 1.165) is 53.5 Å². The van der Waals surface area contributed by atoms with Crippen LogP contribution in [0.5, 0.6) is 17.2 Å². The zero-order chi connectivity index (χ0) is 20.6. The highest BCUT2D eigenvalue weighted by atomic mass is 16.5. The molecule has 0 radical (unpaired) electrons. The van der Waals surface area contributed by atoms with Crippen LogP contribution in [0.15, 0.2) is 78.9 Å². The molecule has 0 unspecified atom stereocenters. The van der Waals surface area contributed by atoms with Crippen molar-refractivity contribution in [1.82, 2.24) is 9.55 Å². The van der Waals surface area contributed by atoms with Gasteiger partial charge in [0.15, 0.2) is 11.5 Å². The Morgan fingerprint density at radius 2 is 1.50 bits per heavy atom. The second-order valence-electron chi connectivity index (χ2n) is 6.98. The van der Waals surface area contributed by atoms with Gasteiger partial charge in [-0.1, -0.05) is 42.5 Å². The number of methoxy groups -OCH3 is 1. The first-order chi connectivity index (χ1) is 14.8. The number of rotatable bonds is 10. The second-order valence-corrected chi connectivity index (χ2v) is 6.98. The van der Waals surface area contributed by atoms with Crippen LogP contribution in [-0.2, 0) is 13.2 Å². The van der Waals surface area contributed by atoms with Gasteiger partial charge in [-0.25, -0.2) is 4.98 Å². The molecule has 0 bridgehead atoms. The van der Waals surface area contributed by atoms with Crippen molar-refractivity contribution in [2.45, 2.75) is 26.0 Å². The van der Waals surface area contributed by atoms with Gasteiger partial charge in [-0.05, 0) is 49.2 Å². The van der Waals surface area contributed by atoms with Gasteiger partial charge in [0.2, 0.25) is 0 Å². The number of unbranched alkanes of at least 4 members (excludes halogenated alkanes) is 1. The lowest BCUT2D eigenvalue weighted by atomic mass is 10.3. The van der Waals surface area contributed by atoms with E-state index in [1.54, 1.807) is 7.11 Å². The molecule has 5 heteroatoms. The van der Waals surface area contributed by atoms with Crippen molar-refractivity contribution < 1.29 is 14.2 Å². The summed E-state index contributed by atoms with van der Waals surface area (Å²) in [6.45, 7) is 1.95. The summed E-state index contributed by atoms with van der Waals surface area (Å²) in [7, 11) is 1.65. The Morgan fingerprint density at radius 1 is 0.767 bits per heavy atom. The molecule has 1 aromatic heterocycles. The summed E-state index contributed by atoms with van der Waals surface area (Å²) in [5.74, 6) is 3.26. The van der Waals surface area contributed by atoms with Crippen molar-refractivity contribution in [3.63, 3.8) is 0 Å². The second kappa shape index (κ2) is 9.83. The van der Waals surface area contributed by atoms with Crippen LogP contribution in [0.3, 0.4) is 0 Å². The summed E-state index contributed by atoms with van der Waals surface area (Å²) < 4.78 is 19.5. The number of aryl methyl sites for hydroxylation is 1. The van der Waals surface area contributed by atoms with Crippen LogP contribution in [0.2, 0.25) is 0 Å². The summed E-state index contributed by atoms with van der Waals surface area (Å²) >= 11 is 0. The minimum atomic E-state index is 0.384. The smallest absolute Gasteiger partial charge is 0.161 e. The van der Waals surface area contributed by atoms with E-state index in [1.807, 2.05) is 72.8 Å². The van der Waals surface area contributed by atoms with E-state index < -0.39 is 0 Å². The maximum absolute atomic E-state index is 6.04. The minimum absolute atomic E-state index is 0.384. The predicted molar refractivity (Wildman–Crippen MR) is 118 cm³/mol. The molecule has 4 aromatic rings. The fourth-order valence-electron chi connectivity index (χ4n) is 3.44. The van der Waals surface area contributed by atoms with Crippen LogP contribution in [0.4, 0.5) is 0 Å². The highest BCUT2D eigenvalue weighted by Gasteiger charge is 2.12. The fraction of sp³-hybridized carbons (Fsp3) is 0.240. The van der Waals surface area contributed by atoms with Gasteiger partial charge in [-0.2, -0.15) is 0 Å². The highest BCUT2D eigenvalue weighted by molar-refractivity contribution is 5.75. The van der Waals surface area contributed by atoms with Crippen molar-refractivity contribution in [3.8, 4) is 17.2 Å². The monoisotopic (exact) mass is 402 g/mol. The molecule has 0 amide bonds. The van der Waals surface area contributed by atoms with Gasteiger partial charge < -0.3 is 18.8 Å². The third kappa shape index (κ3) is 4.74. The maximum atomic E-state index is 6.04. The first-order valence-electron chi connectivity index (χ1n) is 10.2. The third-order valence-corrected chi connectivity index (χ3v) is 4.95. The third-order valence-electron chi connectivity index (χ3n) is 4.95. The molecule has 1 heterocycles. The van der Waals surface area contributed by atoms with Gasteiger partial charge in [0.1, 0.15) is 18.2 Å². The van der Waals surface area contributed by atoms with Crippen LogP contribution >= 0.6 is 0 Å². The highest BCUT2D eigenvalue weighted by Crippen LogP contribution is 2.27. The molecule has 4 rings (SSSR count). The van der Waals surface area contributed by atoms with Gasteiger partial charge in [0.05, 0.1) is 24.8 Å². The molecular weight excluding hydrogens is 376 g/mol. The molecule has 0 saturated heterocycles. The predicted octanol–water partition coefficient (Wildman–Crippen LogP) is 5.48. The van der Waals surface area contributed by atoms with Crippen LogP contribution in [0, 0.1) is 0 Å². The molecule has 0 spiro atoms. The van der Waals surface area contributed by atoms with Crippen molar-refractivity contribution in [2.24, 2.45) is 0 Å². The molecule has 0 saturated carbocycles. The fourth-order valence-corrected chi connectivity index (χ4v) is 3.44. The average Bonchev–Trinajstić information content (AvgIpc) is 3.16. The van der Waals surface area contributed by atoms with E-state index in [0.29, 0.717) is 13.2 Å². The maximum Gasteiger partial charge on any atom is 0.161 e. The number of benzene rings is 3. The van der Waals surface area contributed by atoms with Crippen molar-refractivity contribution in [2.75, 3.05) is 13.7 Å². The van der Waals surface area contributed by atoms with Crippen LogP contribution < -0.4 is 14.2 Å². The molecule has 5 nitrogen and oxygen atoms in total. The van der Waals surface area contributed by atoms with Gasteiger partial charge in [0, 0.05) is 6.54 Å². The Bertz CT molecular complexity index is 1080. The molecule has 0 atom stereocenters. The van der Waals surface area contributed by atoms with E-state index in [-0.39, 0.29) is 0 Å². The zero-order valence-corrected chi connectivity index (χ0v) is 17.2. The normalized spacial score (nSPS) is 10.8. The van der Waals surface area contributed by atoms with Crippen LogP contribution in [0.1, 0.15) is 18.7 Å². The SMILES string of the molecule is COc1ccccc1OCc1nc2ccccc2n1CCCCOc1ccccc1. The van der Waals surface area contributed by atoms with Gasteiger partial charge in [0.25, 0.3) is 0 Å². The average molecular weight is 402 g/mol. The topological polar surface area (TPSA) is 45.5 Å². The molecule has 0 aliphatic rings. The lowest BCUT2D eigenvalue weighted by molar-refractivity contribution is 0.270. The van der Waals surface area contributed by atoms with Crippen molar-refractivity contribution in [1.29, 1.82) is 0 Å². The largest absolute Gasteiger partial charge is 0.494 e. The van der Waals surface area contributed by atoms with Crippen molar-refractivity contribution in [3.05, 3.63) is 84.7 Å². The zero-order valence-electron chi connectivity index (χ0n) is 17.2. The Labute approximate surface area is 176 Å². The number of ether oxygens (including phenoxy) is 3. The Kier molecular flexibility index (Phi) is 6.50. The Hall–Kier alpha value is -3.47. The van der Waals surface area contributed by atoms with Gasteiger partial charge in [-0.15, -0.1) is 0 Å². The Balaban J connectivity index is 1.41. The van der Waals surface area contributed by atoms with Crippen LogP contribution in [-0.4, -0.2) is 23.3 Å². The number of fused-ring (bicyclic) bond motifs is 1. The summed E-state index contributed by atoms with van der Waals surface area (Å²) in [5, 5.41) is 0. The van der Waals surface area contributed by atoms with Crippen LogP contribution in [0.25, 0.3) is 11.0 Å². The molecular formula is C25H26N2O3. The van der Waals surface area contributed by atoms with E-state index in [1.165, 1.54) is 0 Å². The number of aromatic nitrogens is 2. The lowest BCUT2D eigenvalue weighted by Crippen LogP contribution is -2.09. The molecule has 0 N–H and O–H groups in total. The molecule has 0 aliphatic carbocycles. The number of para-hydroxylation sites is 5. The minimum Gasteiger partial charge on any atom is -0.494 e. The number of hydrogen-bond acceptors (Lipinski definition) is 4. The molecule has 3 aromatic carbocycles. The number of nitrogens with zero attached hydrogens (tertiary/aromatic N) is 2. The molecule has 30 heavy (non-hydrogen) atoms. The summed E-state index contributed by atoms with van der Waals surface area (Å²) in [6.07, 6.45) is 1.96. The summed E-state index contributed by atoms with van der Waals surface area (Å²) in [5.41, 5.74) is 2.11. The first kappa shape index (κ1) is 19.8. The van der Waals surface area contributed by atoms with E-state index >= 15 is 0 Å². The quantitative estimate of drug-likeness (QED) is 0.329. The molecule has 0 fully saturated rings. The number of imidazole rings is 1. The molecule has 154 valence electrons. The summed E-state index contributed by atoms with van der Waals surface area (Å²) in [4.78, 5) is 4.80. The van der Waals surface area contributed by atoms with E-state index in [2.05, 4.69) is 10.6 Å². The molecule has 0 aliphatic heterocycles. The van der Waals surface area contributed by atoms with E-state index in [4.69, 9.17) is 19.2 Å². The Morgan fingerprint density at radius 3 is 2.33 bits per heavy atom. The number of hydrogen-bond donors (Lipinski definition) is 0.